The van der Waals surface area contributed by atoms with E-state index >= 15 is 0 Å². The van der Waals surface area contributed by atoms with E-state index in [1.807, 2.05) is 37.3 Å². The summed E-state index contributed by atoms with van der Waals surface area (Å²) < 4.78 is 11.1. The molecule has 1 fully saturated rings. The number of nitrogens with one attached hydrogen (secondary N) is 1. The molecule has 7 heteroatoms. The van der Waals surface area contributed by atoms with Crippen LogP contribution >= 0.6 is 0 Å². The maximum atomic E-state index is 13.6. The van der Waals surface area contributed by atoms with E-state index in [9.17, 15) is 9.59 Å². The zero-order valence-electron chi connectivity index (χ0n) is 19.3. The van der Waals surface area contributed by atoms with Crippen LogP contribution in [0.25, 0.3) is 22.2 Å². The predicted octanol–water partition coefficient (Wildman–Crippen LogP) is 4.89. The molecule has 172 valence electrons. The van der Waals surface area contributed by atoms with E-state index in [1.165, 1.54) is 0 Å². The lowest BCUT2D eigenvalue weighted by molar-refractivity contribution is -0.148. The predicted molar refractivity (Wildman–Crippen MR) is 128 cm³/mol. The first-order valence-corrected chi connectivity index (χ1v) is 11.8. The Bertz CT molecular complexity index is 1230. The molecule has 0 unspecified atom stereocenters. The van der Waals surface area contributed by atoms with Crippen LogP contribution in [0.3, 0.4) is 0 Å². The van der Waals surface area contributed by atoms with Gasteiger partial charge < -0.3 is 19.5 Å². The summed E-state index contributed by atoms with van der Waals surface area (Å²) in [5.41, 5.74) is 4.35. The monoisotopic (exact) mass is 447 g/mol. The number of carbonyl (C=O) groups is 2. The molecule has 2 aliphatic rings. The van der Waals surface area contributed by atoms with Crippen LogP contribution in [0, 0.1) is 11.8 Å². The number of anilines is 2. The number of rotatable bonds is 6. The van der Waals surface area contributed by atoms with Gasteiger partial charge in [-0.1, -0.05) is 43.3 Å². The SMILES string of the molecule is CCOC(=O)[C@H]1CCCN(c2cc(NCC(C)C)c3c4c(onc24)-c2ccccc2C3=O)C1. The Morgan fingerprint density at radius 2 is 2.09 bits per heavy atom. The van der Waals surface area contributed by atoms with Crippen LogP contribution in [0.15, 0.2) is 34.9 Å². The largest absolute Gasteiger partial charge is 0.466 e. The number of esters is 1. The molecule has 0 radical (unpaired) electrons. The molecule has 1 N–H and O–H groups in total. The van der Waals surface area contributed by atoms with E-state index < -0.39 is 0 Å². The van der Waals surface area contributed by atoms with Gasteiger partial charge in [-0.2, -0.15) is 0 Å². The van der Waals surface area contributed by atoms with Crippen molar-refractivity contribution >= 4 is 34.0 Å². The van der Waals surface area contributed by atoms with Gasteiger partial charge in [0.1, 0.15) is 5.52 Å². The Morgan fingerprint density at radius 3 is 2.85 bits per heavy atom. The van der Waals surface area contributed by atoms with Gasteiger partial charge in [-0.25, -0.2) is 0 Å². The van der Waals surface area contributed by atoms with Gasteiger partial charge >= 0.3 is 5.97 Å². The zero-order chi connectivity index (χ0) is 23.1. The van der Waals surface area contributed by atoms with Crippen molar-refractivity contribution < 1.29 is 18.8 Å². The van der Waals surface area contributed by atoms with Gasteiger partial charge in [0.05, 0.1) is 29.2 Å². The second-order valence-electron chi connectivity index (χ2n) is 9.24. The zero-order valence-corrected chi connectivity index (χ0v) is 19.3. The lowest BCUT2D eigenvalue weighted by atomic mass is 9.86. The quantitative estimate of drug-likeness (QED) is 0.421. The van der Waals surface area contributed by atoms with Crippen LogP contribution in [-0.4, -0.2) is 43.2 Å². The summed E-state index contributed by atoms with van der Waals surface area (Å²) in [6.45, 7) is 8.58. The summed E-state index contributed by atoms with van der Waals surface area (Å²) in [5.74, 6) is 0.685. The van der Waals surface area contributed by atoms with Crippen molar-refractivity contribution in [2.45, 2.75) is 33.6 Å². The van der Waals surface area contributed by atoms with Crippen LogP contribution in [0.1, 0.15) is 49.5 Å². The Morgan fingerprint density at radius 1 is 1.30 bits per heavy atom. The number of nitrogens with zero attached hydrogens (tertiary/aromatic N) is 2. The van der Waals surface area contributed by atoms with Crippen molar-refractivity contribution in [3.05, 3.63) is 41.5 Å². The topological polar surface area (TPSA) is 84.7 Å². The van der Waals surface area contributed by atoms with Gasteiger partial charge in [-0.15, -0.1) is 0 Å². The van der Waals surface area contributed by atoms with E-state index in [1.54, 1.807) is 0 Å². The van der Waals surface area contributed by atoms with Crippen LogP contribution in [-0.2, 0) is 9.53 Å². The number of ketones is 1. The first kappa shape index (κ1) is 21.5. The number of fused-ring (bicyclic) bond motifs is 2. The third-order valence-electron chi connectivity index (χ3n) is 6.46. The maximum Gasteiger partial charge on any atom is 0.310 e. The number of hydrogen-bond acceptors (Lipinski definition) is 7. The van der Waals surface area contributed by atoms with Crippen LogP contribution in [0.2, 0.25) is 0 Å². The second-order valence-corrected chi connectivity index (χ2v) is 9.24. The molecule has 7 nitrogen and oxygen atoms in total. The molecule has 1 saturated heterocycles. The summed E-state index contributed by atoms with van der Waals surface area (Å²) in [5, 5.41) is 8.67. The van der Waals surface area contributed by atoms with Crippen LogP contribution in [0.5, 0.6) is 0 Å². The van der Waals surface area contributed by atoms with Gasteiger partial charge in [-0.05, 0) is 31.7 Å². The second kappa shape index (κ2) is 8.54. The Balaban J connectivity index is 1.65. The Hall–Kier alpha value is -3.35. The van der Waals surface area contributed by atoms with E-state index in [4.69, 9.17) is 9.26 Å². The van der Waals surface area contributed by atoms with Crippen molar-refractivity contribution in [1.29, 1.82) is 0 Å². The van der Waals surface area contributed by atoms with E-state index in [-0.39, 0.29) is 17.7 Å². The molecule has 1 atom stereocenters. The van der Waals surface area contributed by atoms with Gasteiger partial charge in [0, 0.05) is 36.4 Å². The van der Waals surface area contributed by atoms with Crippen molar-refractivity contribution in [3.8, 4) is 11.3 Å². The molecular weight excluding hydrogens is 418 g/mol. The lowest BCUT2D eigenvalue weighted by Gasteiger charge is -2.34. The van der Waals surface area contributed by atoms with Crippen LogP contribution in [0.4, 0.5) is 11.4 Å². The molecule has 1 aliphatic carbocycles. The molecule has 5 rings (SSSR count). The highest BCUT2D eigenvalue weighted by Crippen LogP contribution is 2.46. The van der Waals surface area contributed by atoms with Gasteiger partial charge in [0.25, 0.3) is 0 Å². The highest BCUT2D eigenvalue weighted by atomic mass is 16.5. The van der Waals surface area contributed by atoms with Crippen LogP contribution < -0.4 is 10.2 Å². The first-order chi connectivity index (χ1) is 16.0. The number of carbonyl (C=O) groups excluding carboxylic acids is 2. The molecular formula is C26H29N3O4. The van der Waals surface area contributed by atoms with Gasteiger partial charge in [-0.3, -0.25) is 9.59 Å². The van der Waals surface area contributed by atoms with Crippen molar-refractivity contribution in [2.24, 2.45) is 11.8 Å². The molecule has 0 saturated carbocycles. The average molecular weight is 448 g/mol. The molecule has 2 heterocycles. The third kappa shape index (κ3) is 3.65. The number of piperidine rings is 1. The molecule has 1 aliphatic heterocycles. The summed E-state index contributed by atoms with van der Waals surface area (Å²) in [6.07, 6.45) is 1.69. The Kier molecular flexibility index (Phi) is 5.56. The highest BCUT2D eigenvalue weighted by Gasteiger charge is 2.35. The molecule has 0 spiro atoms. The number of ether oxygens (including phenoxy) is 1. The summed E-state index contributed by atoms with van der Waals surface area (Å²) in [7, 11) is 0. The highest BCUT2D eigenvalue weighted by molar-refractivity contribution is 6.28. The van der Waals surface area contributed by atoms with E-state index in [2.05, 4.69) is 29.2 Å². The molecule has 3 aromatic rings. The normalized spacial score (nSPS) is 17.4. The third-order valence-corrected chi connectivity index (χ3v) is 6.46. The first-order valence-electron chi connectivity index (χ1n) is 11.8. The van der Waals surface area contributed by atoms with Crippen molar-refractivity contribution in [1.82, 2.24) is 5.16 Å². The molecule has 1 aromatic heterocycles. The fourth-order valence-electron chi connectivity index (χ4n) is 4.89. The number of benzene rings is 2. The number of hydrogen-bond donors (Lipinski definition) is 1. The summed E-state index contributed by atoms with van der Waals surface area (Å²) in [4.78, 5) is 28.2. The molecule has 2 aromatic carbocycles. The van der Waals surface area contributed by atoms with Gasteiger partial charge in [0.15, 0.2) is 11.5 Å². The summed E-state index contributed by atoms with van der Waals surface area (Å²) in [6, 6.07) is 9.52. The fraction of sp³-hybridized carbons (Fsp3) is 0.423. The minimum atomic E-state index is -0.179. The van der Waals surface area contributed by atoms with E-state index in [0.29, 0.717) is 41.5 Å². The molecule has 0 bridgehead atoms. The average Bonchev–Trinajstić information content (AvgIpc) is 3.26. The van der Waals surface area contributed by atoms with E-state index in [0.717, 1.165) is 48.3 Å². The number of aromatic nitrogens is 1. The smallest absolute Gasteiger partial charge is 0.310 e. The fourth-order valence-corrected chi connectivity index (χ4v) is 4.89. The van der Waals surface area contributed by atoms with Gasteiger partial charge in [0.2, 0.25) is 0 Å². The molecule has 0 amide bonds. The minimum Gasteiger partial charge on any atom is -0.466 e. The summed E-state index contributed by atoms with van der Waals surface area (Å²) >= 11 is 0. The maximum absolute atomic E-state index is 13.6. The lowest BCUT2D eigenvalue weighted by Crippen LogP contribution is -2.39. The molecule has 33 heavy (non-hydrogen) atoms. The minimum absolute atomic E-state index is 0.0212. The van der Waals surface area contributed by atoms with Crippen molar-refractivity contribution in [3.63, 3.8) is 0 Å². The Labute approximate surface area is 193 Å². The standard InChI is InChI=1S/C26H29N3O4/c1-4-32-26(31)16-8-7-11-29(14-16)20-12-19(27-13-15(2)3)21-22-23(20)28-33-25(22)18-10-6-5-9-17(18)24(21)30/h5-6,9-10,12,15-16,27H,4,7-8,11,13-14H2,1-3H3/t16-/m0/s1. The van der Waals surface area contributed by atoms with Crippen molar-refractivity contribution in [2.75, 3.05) is 36.5 Å².